The molecule has 0 heterocycles. The highest BCUT2D eigenvalue weighted by Gasteiger charge is 2.05. The van der Waals surface area contributed by atoms with Crippen LogP contribution in [-0.4, -0.2) is 25.0 Å². The number of rotatable bonds is 5. The summed E-state index contributed by atoms with van der Waals surface area (Å²) >= 11 is 6.00. The molecule has 0 radical (unpaired) electrons. The molecule has 2 aromatic rings. The van der Waals surface area contributed by atoms with E-state index in [4.69, 9.17) is 11.6 Å². The zero-order valence-electron chi connectivity index (χ0n) is 12.7. The Balaban J connectivity index is 1.70. The molecule has 0 fully saturated rings. The molecule has 0 aliphatic rings. The number of halogens is 1. The van der Waals surface area contributed by atoms with E-state index in [0.29, 0.717) is 29.4 Å². The Morgan fingerprint density at radius 2 is 1.70 bits per heavy atom. The zero-order chi connectivity index (χ0) is 16.7. The van der Waals surface area contributed by atoms with Crippen molar-refractivity contribution in [3.05, 3.63) is 64.7 Å². The first-order chi connectivity index (χ1) is 11.1. The van der Waals surface area contributed by atoms with E-state index in [0.717, 1.165) is 5.56 Å². The van der Waals surface area contributed by atoms with E-state index in [9.17, 15) is 9.59 Å². The fraction of sp³-hybridized carbons (Fsp3) is 0.176. The van der Waals surface area contributed by atoms with Crippen molar-refractivity contribution >= 4 is 29.2 Å². The lowest BCUT2D eigenvalue weighted by atomic mass is 10.2. The molecule has 120 valence electrons. The lowest BCUT2D eigenvalue weighted by Gasteiger charge is -2.09. The van der Waals surface area contributed by atoms with Gasteiger partial charge in [-0.25, -0.2) is 4.79 Å². The number of urea groups is 1. The van der Waals surface area contributed by atoms with Gasteiger partial charge in [-0.2, -0.15) is 0 Å². The van der Waals surface area contributed by atoms with E-state index in [1.54, 1.807) is 36.4 Å². The van der Waals surface area contributed by atoms with Crippen molar-refractivity contribution in [1.82, 2.24) is 10.6 Å². The molecule has 0 saturated heterocycles. The van der Waals surface area contributed by atoms with Gasteiger partial charge in [-0.15, -0.1) is 0 Å². The molecular formula is C17H18ClN3O2. The van der Waals surface area contributed by atoms with Gasteiger partial charge < -0.3 is 16.0 Å². The maximum absolute atomic E-state index is 11.8. The van der Waals surface area contributed by atoms with Crippen molar-refractivity contribution in [3.8, 4) is 0 Å². The number of nitrogens with one attached hydrogen (secondary N) is 3. The maximum Gasteiger partial charge on any atom is 0.319 e. The molecule has 3 amide bonds. The van der Waals surface area contributed by atoms with Crippen LogP contribution in [0.4, 0.5) is 10.5 Å². The first-order valence-electron chi connectivity index (χ1n) is 7.20. The van der Waals surface area contributed by atoms with Crippen molar-refractivity contribution in [2.75, 3.05) is 18.4 Å². The zero-order valence-corrected chi connectivity index (χ0v) is 13.5. The smallest absolute Gasteiger partial charge is 0.319 e. The van der Waals surface area contributed by atoms with Crippen LogP contribution in [0.3, 0.4) is 0 Å². The molecular weight excluding hydrogens is 314 g/mol. The quantitative estimate of drug-likeness (QED) is 0.736. The minimum absolute atomic E-state index is 0.168. The lowest BCUT2D eigenvalue weighted by molar-refractivity contribution is 0.0954. The molecule has 0 aromatic heterocycles. The highest BCUT2D eigenvalue weighted by atomic mass is 35.5. The minimum atomic E-state index is -0.348. The number of anilines is 1. The first-order valence-corrected chi connectivity index (χ1v) is 7.58. The SMILES string of the molecule is Cc1ccc(NC(=O)NCCNC(=O)c2ccccc2)cc1Cl. The summed E-state index contributed by atoms with van der Waals surface area (Å²) in [6, 6.07) is 13.9. The van der Waals surface area contributed by atoms with Gasteiger partial charge in [0.05, 0.1) is 0 Å². The molecule has 0 aliphatic carbocycles. The summed E-state index contributed by atoms with van der Waals surface area (Å²) in [5, 5.41) is 8.67. The first kappa shape index (κ1) is 16.8. The Morgan fingerprint density at radius 1 is 1.00 bits per heavy atom. The molecule has 2 rings (SSSR count). The summed E-state index contributed by atoms with van der Waals surface area (Å²) in [6.45, 7) is 2.56. The summed E-state index contributed by atoms with van der Waals surface area (Å²) in [4.78, 5) is 23.5. The third kappa shape index (κ3) is 5.30. The maximum atomic E-state index is 11.8. The number of hydrogen-bond acceptors (Lipinski definition) is 2. The fourth-order valence-corrected chi connectivity index (χ4v) is 2.07. The van der Waals surface area contributed by atoms with Crippen LogP contribution in [-0.2, 0) is 0 Å². The second-order valence-corrected chi connectivity index (χ2v) is 5.37. The van der Waals surface area contributed by atoms with Crippen LogP contribution < -0.4 is 16.0 Å². The molecule has 0 saturated carbocycles. The van der Waals surface area contributed by atoms with Crippen LogP contribution in [0.2, 0.25) is 5.02 Å². The van der Waals surface area contributed by atoms with Gasteiger partial charge in [-0.1, -0.05) is 35.9 Å². The van der Waals surface area contributed by atoms with Gasteiger partial charge in [0.15, 0.2) is 0 Å². The van der Waals surface area contributed by atoms with Gasteiger partial charge in [0.25, 0.3) is 5.91 Å². The predicted octanol–water partition coefficient (Wildman–Crippen LogP) is 3.20. The Hall–Kier alpha value is -2.53. The monoisotopic (exact) mass is 331 g/mol. The van der Waals surface area contributed by atoms with Crippen LogP contribution in [0.1, 0.15) is 15.9 Å². The summed E-state index contributed by atoms with van der Waals surface area (Å²) < 4.78 is 0. The number of hydrogen-bond donors (Lipinski definition) is 3. The average molecular weight is 332 g/mol. The van der Waals surface area contributed by atoms with E-state index in [1.807, 2.05) is 19.1 Å². The predicted molar refractivity (Wildman–Crippen MR) is 92.0 cm³/mol. The van der Waals surface area contributed by atoms with Crippen molar-refractivity contribution in [1.29, 1.82) is 0 Å². The highest BCUT2D eigenvalue weighted by Crippen LogP contribution is 2.19. The van der Waals surface area contributed by atoms with Gasteiger partial charge in [0, 0.05) is 29.4 Å². The number of aryl methyl sites for hydroxylation is 1. The largest absolute Gasteiger partial charge is 0.350 e. The van der Waals surface area contributed by atoms with Crippen LogP contribution in [0.25, 0.3) is 0 Å². The van der Waals surface area contributed by atoms with Crippen LogP contribution in [0.5, 0.6) is 0 Å². The minimum Gasteiger partial charge on any atom is -0.350 e. The topological polar surface area (TPSA) is 70.2 Å². The van der Waals surface area contributed by atoms with Crippen LogP contribution >= 0.6 is 11.6 Å². The third-order valence-electron chi connectivity index (χ3n) is 3.16. The molecule has 0 aliphatic heterocycles. The lowest BCUT2D eigenvalue weighted by Crippen LogP contribution is -2.36. The van der Waals surface area contributed by atoms with Crippen molar-refractivity contribution in [2.45, 2.75) is 6.92 Å². The Labute approximate surface area is 140 Å². The molecule has 3 N–H and O–H groups in total. The number of carbonyl (C=O) groups is 2. The van der Waals surface area contributed by atoms with Gasteiger partial charge >= 0.3 is 6.03 Å². The van der Waals surface area contributed by atoms with E-state index in [2.05, 4.69) is 16.0 Å². The highest BCUT2D eigenvalue weighted by molar-refractivity contribution is 6.31. The van der Waals surface area contributed by atoms with Crippen molar-refractivity contribution < 1.29 is 9.59 Å². The average Bonchev–Trinajstić information content (AvgIpc) is 2.55. The summed E-state index contributed by atoms with van der Waals surface area (Å²) in [7, 11) is 0. The summed E-state index contributed by atoms with van der Waals surface area (Å²) in [5.41, 5.74) is 2.15. The standard InChI is InChI=1S/C17H18ClN3O2/c1-12-7-8-14(11-15(12)18)21-17(23)20-10-9-19-16(22)13-5-3-2-4-6-13/h2-8,11H,9-10H2,1H3,(H,19,22)(H2,20,21,23). The van der Waals surface area contributed by atoms with E-state index in [-0.39, 0.29) is 11.9 Å². The Kier molecular flexibility index (Phi) is 6.00. The second kappa shape index (κ2) is 8.19. The normalized spacial score (nSPS) is 10.0. The molecule has 0 atom stereocenters. The molecule has 0 unspecified atom stereocenters. The van der Waals surface area contributed by atoms with Gasteiger partial charge in [0.2, 0.25) is 0 Å². The van der Waals surface area contributed by atoms with E-state index < -0.39 is 0 Å². The Bertz CT molecular complexity index is 689. The van der Waals surface area contributed by atoms with Crippen LogP contribution in [0, 0.1) is 6.92 Å². The summed E-state index contributed by atoms with van der Waals surface area (Å²) in [5.74, 6) is -0.168. The molecule has 2 aromatic carbocycles. The molecule has 23 heavy (non-hydrogen) atoms. The number of carbonyl (C=O) groups excluding carboxylic acids is 2. The molecule has 0 spiro atoms. The Morgan fingerprint density at radius 3 is 2.39 bits per heavy atom. The van der Waals surface area contributed by atoms with E-state index >= 15 is 0 Å². The third-order valence-corrected chi connectivity index (χ3v) is 3.57. The molecule has 5 nitrogen and oxygen atoms in total. The van der Waals surface area contributed by atoms with E-state index in [1.165, 1.54) is 0 Å². The fourth-order valence-electron chi connectivity index (χ4n) is 1.89. The molecule has 0 bridgehead atoms. The molecule has 6 heteroatoms. The summed E-state index contributed by atoms with van der Waals surface area (Å²) in [6.07, 6.45) is 0. The number of benzene rings is 2. The van der Waals surface area contributed by atoms with Crippen molar-refractivity contribution in [2.24, 2.45) is 0 Å². The van der Waals surface area contributed by atoms with Gasteiger partial charge in [0.1, 0.15) is 0 Å². The number of amides is 3. The van der Waals surface area contributed by atoms with Crippen LogP contribution in [0.15, 0.2) is 48.5 Å². The van der Waals surface area contributed by atoms with Gasteiger partial charge in [-0.05, 0) is 36.8 Å². The van der Waals surface area contributed by atoms with Gasteiger partial charge in [-0.3, -0.25) is 4.79 Å². The second-order valence-electron chi connectivity index (χ2n) is 4.97. The van der Waals surface area contributed by atoms with Crippen molar-refractivity contribution in [3.63, 3.8) is 0 Å².